The van der Waals surface area contributed by atoms with E-state index in [4.69, 9.17) is 5.84 Å². The fraction of sp³-hybridized carbons (Fsp3) is 0.333. The van der Waals surface area contributed by atoms with E-state index in [9.17, 15) is 9.59 Å². The van der Waals surface area contributed by atoms with Gasteiger partial charge < -0.3 is 11.2 Å². The van der Waals surface area contributed by atoms with Gasteiger partial charge >= 0.3 is 0 Å². The first-order chi connectivity index (χ1) is 7.97. The third-order valence-corrected chi connectivity index (χ3v) is 1.11. The lowest BCUT2D eigenvalue weighted by Gasteiger charge is -1.94. The first kappa shape index (κ1) is 20.5. The zero-order chi connectivity index (χ0) is 14.3. The van der Waals surface area contributed by atoms with Gasteiger partial charge in [0.25, 0.3) is 0 Å². The van der Waals surface area contributed by atoms with Crippen LogP contribution in [0, 0.1) is 0 Å². The van der Waals surface area contributed by atoms with Crippen molar-refractivity contribution in [1.82, 2.24) is 5.43 Å². The van der Waals surface area contributed by atoms with Gasteiger partial charge in [-0.25, -0.2) is 0 Å². The summed E-state index contributed by atoms with van der Waals surface area (Å²) in [7, 11) is 0. The van der Waals surface area contributed by atoms with Crippen LogP contribution in [0.5, 0.6) is 0 Å². The summed E-state index contributed by atoms with van der Waals surface area (Å²) in [5, 5.41) is 0. The molecule has 0 aliphatic heterocycles. The molecule has 5 nitrogen and oxygen atoms in total. The largest absolute Gasteiger partial charge is 0.369 e. The standard InChI is InChI=1S/C6H10N2.C4H7NO2.C2H6/c1-3-5-6(4-2)8-7;1-3(6)2-4(5)7;1-2/h3-5,8H,1-2,7H2;2H2,1H3,(H2,5,7);1-2H3/b6-5+;;. The Kier molecular flexibility index (Phi) is 20.0. The first-order valence-electron chi connectivity index (χ1n) is 5.17. The van der Waals surface area contributed by atoms with Gasteiger partial charge in [0.2, 0.25) is 5.91 Å². The lowest BCUT2D eigenvalue weighted by molar-refractivity contribution is -0.125. The lowest BCUT2D eigenvalue weighted by Crippen LogP contribution is -2.19. The molecule has 1 amide bonds. The molecule has 0 aromatic rings. The van der Waals surface area contributed by atoms with E-state index in [2.05, 4.69) is 24.3 Å². The maximum absolute atomic E-state index is 9.95. The Morgan fingerprint density at radius 1 is 1.29 bits per heavy atom. The molecule has 98 valence electrons. The van der Waals surface area contributed by atoms with Crippen molar-refractivity contribution in [2.45, 2.75) is 27.2 Å². The predicted molar refractivity (Wildman–Crippen MR) is 71.6 cm³/mol. The number of nitrogens with two attached hydrogens (primary N) is 2. The van der Waals surface area contributed by atoms with Crippen molar-refractivity contribution in [3.05, 3.63) is 37.1 Å². The van der Waals surface area contributed by atoms with Crippen molar-refractivity contribution in [2.24, 2.45) is 11.6 Å². The highest BCUT2D eigenvalue weighted by Gasteiger charge is 1.95. The molecule has 0 bridgehead atoms. The second-order valence-corrected chi connectivity index (χ2v) is 2.55. The third kappa shape index (κ3) is 24.9. The lowest BCUT2D eigenvalue weighted by atomic mass is 10.3. The number of nitrogens with one attached hydrogen (secondary N) is 1. The minimum absolute atomic E-state index is 0.139. The monoisotopic (exact) mass is 241 g/mol. The number of carbonyl (C=O) groups excluding carboxylic acids is 2. The van der Waals surface area contributed by atoms with Gasteiger partial charge in [-0.3, -0.25) is 15.4 Å². The van der Waals surface area contributed by atoms with Gasteiger partial charge in [0.15, 0.2) is 0 Å². The van der Waals surface area contributed by atoms with E-state index in [1.165, 1.54) is 6.92 Å². The molecule has 0 heterocycles. The molecule has 17 heavy (non-hydrogen) atoms. The Morgan fingerprint density at radius 3 is 1.82 bits per heavy atom. The molecule has 0 rings (SSSR count). The number of Topliss-reactive ketones (excluding diaryl/α,β-unsaturated/α-hetero) is 1. The molecule has 5 heteroatoms. The van der Waals surface area contributed by atoms with Gasteiger partial charge in [0.1, 0.15) is 5.78 Å². The molecular weight excluding hydrogens is 218 g/mol. The highest BCUT2D eigenvalue weighted by Crippen LogP contribution is 1.85. The van der Waals surface area contributed by atoms with Crippen molar-refractivity contribution in [2.75, 3.05) is 0 Å². The van der Waals surface area contributed by atoms with Crippen LogP contribution in [0.15, 0.2) is 37.1 Å². The Bertz CT molecular complexity index is 259. The van der Waals surface area contributed by atoms with Gasteiger partial charge in [0, 0.05) is 5.70 Å². The summed E-state index contributed by atoms with van der Waals surface area (Å²) in [6, 6.07) is 0. The molecular formula is C12H23N3O2. The number of carbonyl (C=O) groups is 2. The summed E-state index contributed by atoms with van der Waals surface area (Å²) in [5.41, 5.74) is 7.82. The first-order valence-corrected chi connectivity index (χ1v) is 5.17. The van der Waals surface area contributed by atoms with Crippen LogP contribution in [-0.4, -0.2) is 11.7 Å². The summed E-state index contributed by atoms with van der Waals surface area (Å²) >= 11 is 0. The Balaban J connectivity index is -0.000000202. The van der Waals surface area contributed by atoms with Gasteiger partial charge in [-0.2, -0.15) is 0 Å². The van der Waals surface area contributed by atoms with Gasteiger partial charge in [-0.15, -0.1) is 0 Å². The number of hydrazine groups is 1. The van der Waals surface area contributed by atoms with Crippen LogP contribution in [0.3, 0.4) is 0 Å². The number of allylic oxidation sites excluding steroid dienone is 3. The van der Waals surface area contributed by atoms with E-state index in [0.717, 1.165) is 5.70 Å². The van der Waals surface area contributed by atoms with Crippen molar-refractivity contribution in [3.63, 3.8) is 0 Å². The van der Waals surface area contributed by atoms with Gasteiger partial charge in [-0.05, 0) is 19.1 Å². The van der Waals surface area contributed by atoms with Crippen LogP contribution in [0.1, 0.15) is 27.2 Å². The van der Waals surface area contributed by atoms with Crippen molar-refractivity contribution < 1.29 is 9.59 Å². The summed E-state index contributed by atoms with van der Waals surface area (Å²) in [4.78, 5) is 19.8. The Labute approximate surface area is 103 Å². The van der Waals surface area contributed by atoms with E-state index in [0.29, 0.717) is 0 Å². The maximum atomic E-state index is 9.95. The maximum Gasteiger partial charge on any atom is 0.224 e. The summed E-state index contributed by atoms with van der Waals surface area (Å²) in [6.45, 7) is 12.3. The number of hydrogen-bond acceptors (Lipinski definition) is 4. The van der Waals surface area contributed by atoms with Crippen LogP contribution in [0.2, 0.25) is 0 Å². The molecule has 0 unspecified atom stereocenters. The number of amides is 1. The molecule has 0 aliphatic carbocycles. The topological polar surface area (TPSA) is 98.2 Å². The molecule has 0 saturated heterocycles. The molecule has 0 fully saturated rings. The number of primary amides is 1. The highest BCUT2D eigenvalue weighted by molar-refractivity contribution is 5.95. The fourth-order valence-corrected chi connectivity index (χ4v) is 0.547. The normalized spacial score (nSPS) is 8.59. The highest BCUT2D eigenvalue weighted by atomic mass is 16.2. The van der Waals surface area contributed by atoms with Gasteiger partial charge in [-0.1, -0.05) is 33.1 Å². The smallest absolute Gasteiger partial charge is 0.224 e. The van der Waals surface area contributed by atoms with Crippen LogP contribution in [0.25, 0.3) is 0 Å². The number of ketones is 1. The predicted octanol–water partition coefficient (Wildman–Crippen LogP) is 1.18. The Hall–Kier alpha value is -1.88. The third-order valence-electron chi connectivity index (χ3n) is 1.11. The molecule has 0 atom stereocenters. The zero-order valence-electron chi connectivity index (χ0n) is 10.8. The van der Waals surface area contributed by atoms with Crippen molar-refractivity contribution >= 4 is 11.7 Å². The molecule has 0 aliphatic rings. The second-order valence-electron chi connectivity index (χ2n) is 2.55. The molecule has 5 N–H and O–H groups in total. The minimum Gasteiger partial charge on any atom is -0.369 e. The zero-order valence-corrected chi connectivity index (χ0v) is 10.8. The van der Waals surface area contributed by atoms with E-state index in [1.54, 1.807) is 18.2 Å². The molecule has 0 aromatic heterocycles. The molecule has 0 aromatic carbocycles. The fourth-order valence-electron chi connectivity index (χ4n) is 0.547. The summed E-state index contributed by atoms with van der Waals surface area (Å²) in [6.07, 6.45) is 4.84. The second kappa shape index (κ2) is 16.5. The van der Waals surface area contributed by atoms with E-state index in [-0.39, 0.29) is 12.2 Å². The van der Waals surface area contributed by atoms with E-state index >= 15 is 0 Å². The molecule has 0 spiro atoms. The average molecular weight is 241 g/mol. The average Bonchev–Trinajstić information content (AvgIpc) is 2.27. The van der Waals surface area contributed by atoms with Crippen LogP contribution in [-0.2, 0) is 9.59 Å². The van der Waals surface area contributed by atoms with Crippen LogP contribution in [0.4, 0.5) is 0 Å². The van der Waals surface area contributed by atoms with Crippen LogP contribution >= 0.6 is 0 Å². The van der Waals surface area contributed by atoms with E-state index in [1.807, 2.05) is 13.8 Å². The SMILES string of the molecule is C=C/C=C(\C=C)NN.CC.CC(=O)CC(N)=O. The quantitative estimate of drug-likeness (QED) is 0.291. The number of rotatable bonds is 5. The van der Waals surface area contributed by atoms with Crippen LogP contribution < -0.4 is 17.0 Å². The minimum atomic E-state index is -0.562. The van der Waals surface area contributed by atoms with Crippen molar-refractivity contribution in [1.29, 1.82) is 0 Å². The Morgan fingerprint density at radius 2 is 1.76 bits per heavy atom. The molecule has 0 saturated carbocycles. The van der Waals surface area contributed by atoms with E-state index < -0.39 is 5.91 Å². The summed E-state index contributed by atoms with van der Waals surface area (Å²) < 4.78 is 0. The van der Waals surface area contributed by atoms with Gasteiger partial charge in [0.05, 0.1) is 6.42 Å². The number of hydrogen-bond donors (Lipinski definition) is 3. The molecule has 0 radical (unpaired) electrons. The summed E-state index contributed by atoms with van der Waals surface area (Å²) in [5.74, 6) is 4.28. The van der Waals surface area contributed by atoms with Crippen molar-refractivity contribution in [3.8, 4) is 0 Å².